The first-order chi connectivity index (χ1) is 9.74. The Morgan fingerprint density at radius 2 is 2.00 bits per heavy atom. The minimum atomic E-state index is -3.91. The van der Waals surface area contributed by atoms with Crippen molar-refractivity contribution in [2.24, 2.45) is 0 Å². The van der Waals surface area contributed by atoms with E-state index in [9.17, 15) is 17.9 Å². The summed E-state index contributed by atoms with van der Waals surface area (Å²) in [5, 5.41) is 13.5. The van der Waals surface area contributed by atoms with E-state index in [4.69, 9.17) is 0 Å². The quantitative estimate of drug-likeness (QED) is 0.906. The molecule has 8 heteroatoms. The second-order valence-electron chi connectivity index (χ2n) is 4.62. The van der Waals surface area contributed by atoms with Gasteiger partial charge in [0.15, 0.2) is 0 Å². The van der Waals surface area contributed by atoms with Crippen LogP contribution in [0.15, 0.2) is 23.1 Å². The first-order valence-corrected chi connectivity index (χ1v) is 7.79. The van der Waals surface area contributed by atoms with Gasteiger partial charge in [0.2, 0.25) is 0 Å². The van der Waals surface area contributed by atoms with Crippen LogP contribution in [0.5, 0.6) is 5.75 Å². The molecule has 114 valence electrons. The smallest absolute Gasteiger partial charge is 0.265 e. The zero-order valence-electron chi connectivity index (χ0n) is 11.9. The van der Waals surface area contributed by atoms with E-state index < -0.39 is 15.8 Å². The molecule has 0 fully saturated rings. The van der Waals surface area contributed by atoms with E-state index in [0.717, 1.165) is 18.2 Å². The normalized spacial score (nSPS) is 11.6. The van der Waals surface area contributed by atoms with Gasteiger partial charge in [0.25, 0.3) is 10.0 Å². The highest BCUT2D eigenvalue weighted by Crippen LogP contribution is 2.25. The highest BCUT2D eigenvalue weighted by molar-refractivity contribution is 7.92. The SMILES string of the molecule is CCn1nc(C)c(S(=O)(=O)Nc2cc(O)cc(F)c2)c1C. The third kappa shape index (κ3) is 2.99. The van der Waals surface area contributed by atoms with Gasteiger partial charge >= 0.3 is 0 Å². The Morgan fingerprint density at radius 3 is 2.52 bits per heavy atom. The van der Waals surface area contributed by atoms with E-state index in [1.165, 1.54) is 0 Å². The number of aryl methyl sites for hydroxylation is 2. The van der Waals surface area contributed by atoms with Gasteiger partial charge in [-0.2, -0.15) is 5.10 Å². The van der Waals surface area contributed by atoms with Crippen molar-refractivity contribution in [3.63, 3.8) is 0 Å². The van der Waals surface area contributed by atoms with Crippen LogP contribution < -0.4 is 4.72 Å². The van der Waals surface area contributed by atoms with E-state index >= 15 is 0 Å². The number of sulfonamides is 1. The molecule has 0 saturated heterocycles. The van der Waals surface area contributed by atoms with Crippen LogP contribution in [0.25, 0.3) is 0 Å². The second kappa shape index (κ2) is 5.36. The van der Waals surface area contributed by atoms with Gasteiger partial charge in [0.1, 0.15) is 16.5 Å². The molecule has 1 aromatic heterocycles. The molecule has 2 aromatic rings. The Hall–Kier alpha value is -2.09. The molecule has 1 heterocycles. The molecule has 21 heavy (non-hydrogen) atoms. The van der Waals surface area contributed by atoms with Crippen LogP contribution in [0.3, 0.4) is 0 Å². The fourth-order valence-electron chi connectivity index (χ4n) is 2.22. The first-order valence-electron chi connectivity index (χ1n) is 6.31. The topological polar surface area (TPSA) is 84.2 Å². The number of aromatic nitrogens is 2. The van der Waals surface area contributed by atoms with E-state index in [0.29, 0.717) is 17.9 Å². The predicted octanol–water partition coefficient (Wildman–Crippen LogP) is 2.17. The molecule has 2 rings (SSSR count). The third-order valence-electron chi connectivity index (χ3n) is 3.02. The van der Waals surface area contributed by atoms with Crippen molar-refractivity contribution >= 4 is 15.7 Å². The average molecular weight is 313 g/mol. The van der Waals surface area contributed by atoms with Crippen molar-refractivity contribution < 1.29 is 17.9 Å². The van der Waals surface area contributed by atoms with Crippen molar-refractivity contribution in [2.45, 2.75) is 32.2 Å². The summed E-state index contributed by atoms with van der Waals surface area (Å²) in [6, 6.07) is 3.02. The molecule has 0 bridgehead atoms. The Bertz CT molecular complexity index is 764. The summed E-state index contributed by atoms with van der Waals surface area (Å²) in [4.78, 5) is 0.0631. The van der Waals surface area contributed by atoms with Gasteiger partial charge in [0, 0.05) is 18.7 Å². The summed E-state index contributed by atoms with van der Waals surface area (Å²) < 4.78 is 41.9. The summed E-state index contributed by atoms with van der Waals surface area (Å²) in [7, 11) is -3.91. The molecule has 0 saturated carbocycles. The van der Waals surface area contributed by atoms with Crippen LogP contribution in [0, 0.1) is 19.7 Å². The van der Waals surface area contributed by atoms with Gasteiger partial charge in [-0.15, -0.1) is 0 Å². The van der Waals surface area contributed by atoms with Crippen molar-refractivity contribution in [2.75, 3.05) is 4.72 Å². The summed E-state index contributed by atoms with van der Waals surface area (Å²) in [6.45, 7) is 5.65. The molecular formula is C13H16FN3O3S. The van der Waals surface area contributed by atoms with Crippen molar-refractivity contribution in [1.82, 2.24) is 9.78 Å². The molecule has 0 amide bonds. The molecular weight excluding hydrogens is 297 g/mol. The fraction of sp³-hybridized carbons (Fsp3) is 0.308. The van der Waals surface area contributed by atoms with Crippen LogP contribution in [-0.2, 0) is 16.6 Å². The molecule has 0 aliphatic rings. The van der Waals surface area contributed by atoms with Gasteiger partial charge in [-0.3, -0.25) is 9.40 Å². The van der Waals surface area contributed by atoms with Gasteiger partial charge in [-0.25, -0.2) is 12.8 Å². The fourth-order valence-corrected chi connectivity index (χ4v) is 3.67. The summed E-state index contributed by atoms with van der Waals surface area (Å²) in [5.74, 6) is -1.09. The summed E-state index contributed by atoms with van der Waals surface area (Å²) in [5.41, 5.74) is 0.821. The molecule has 0 atom stereocenters. The van der Waals surface area contributed by atoms with Crippen molar-refractivity contribution in [1.29, 1.82) is 0 Å². The molecule has 0 aliphatic heterocycles. The number of anilines is 1. The number of hydrogen-bond acceptors (Lipinski definition) is 4. The number of rotatable bonds is 4. The number of nitrogens with zero attached hydrogens (tertiary/aromatic N) is 2. The maximum absolute atomic E-state index is 13.2. The highest BCUT2D eigenvalue weighted by atomic mass is 32.2. The van der Waals surface area contributed by atoms with Crippen LogP contribution in [-0.4, -0.2) is 23.3 Å². The molecule has 1 aromatic carbocycles. The zero-order valence-corrected chi connectivity index (χ0v) is 12.7. The third-order valence-corrected chi connectivity index (χ3v) is 4.65. The Morgan fingerprint density at radius 1 is 1.33 bits per heavy atom. The largest absolute Gasteiger partial charge is 0.508 e. The first kappa shape index (κ1) is 15.3. The van der Waals surface area contributed by atoms with E-state index in [1.807, 2.05) is 6.92 Å². The highest BCUT2D eigenvalue weighted by Gasteiger charge is 2.24. The number of phenols is 1. The molecule has 6 nitrogen and oxygen atoms in total. The maximum atomic E-state index is 13.2. The Balaban J connectivity index is 2.46. The lowest BCUT2D eigenvalue weighted by atomic mass is 10.3. The van der Waals surface area contributed by atoms with E-state index in [1.54, 1.807) is 18.5 Å². The lowest BCUT2D eigenvalue weighted by Crippen LogP contribution is -2.15. The van der Waals surface area contributed by atoms with E-state index in [-0.39, 0.29) is 16.3 Å². The van der Waals surface area contributed by atoms with Crippen LogP contribution in [0.1, 0.15) is 18.3 Å². The molecule has 0 spiro atoms. The molecule has 2 N–H and O–H groups in total. The lowest BCUT2D eigenvalue weighted by Gasteiger charge is -2.09. The Kier molecular flexibility index (Phi) is 3.91. The van der Waals surface area contributed by atoms with Crippen LogP contribution >= 0.6 is 0 Å². The summed E-state index contributed by atoms with van der Waals surface area (Å²) in [6.07, 6.45) is 0. The summed E-state index contributed by atoms with van der Waals surface area (Å²) >= 11 is 0. The standard InChI is InChI=1S/C13H16FN3O3S/c1-4-17-9(3)13(8(2)15-17)21(19,20)16-11-5-10(14)6-12(18)7-11/h5-7,16,18H,4H2,1-3H3. The minimum Gasteiger partial charge on any atom is -0.508 e. The van der Waals surface area contributed by atoms with Gasteiger partial charge in [-0.1, -0.05) is 0 Å². The van der Waals surface area contributed by atoms with Gasteiger partial charge in [-0.05, 0) is 26.8 Å². The second-order valence-corrected chi connectivity index (χ2v) is 6.24. The zero-order chi connectivity index (χ0) is 15.8. The average Bonchev–Trinajstić information content (AvgIpc) is 2.62. The predicted molar refractivity (Wildman–Crippen MR) is 76.2 cm³/mol. The molecule has 0 aliphatic carbocycles. The number of nitrogens with one attached hydrogen (secondary N) is 1. The van der Waals surface area contributed by atoms with E-state index in [2.05, 4.69) is 9.82 Å². The number of benzene rings is 1. The maximum Gasteiger partial charge on any atom is 0.265 e. The minimum absolute atomic E-state index is 0.0458. The number of hydrogen-bond donors (Lipinski definition) is 2. The van der Waals surface area contributed by atoms with Gasteiger partial charge in [0.05, 0.1) is 17.1 Å². The van der Waals surface area contributed by atoms with Crippen molar-refractivity contribution in [3.8, 4) is 5.75 Å². The number of halogens is 1. The Labute approximate surface area is 122 Å². The monoisotopic (exact) mass is 313 g/mol. The number of aromatic hydroxyl groups is 1. The van der Waals surface area contributed by atoms with Crippen LogP contribution in [0.2, 0.25) is 0 Å². The molecule has 0 unspecified atom stereocenters. The molecule has 0 radical (unpaired) electrons. The van der Waals surface area contributed by atoms with Gasteiger partial charge < -0.3 is 5.11 Å². The number of phenolic OH excluding ortho intramolecular Hbond substituents is 1. The van der Waals surface area contributed by atoms with Crippen molar-refractivity contribution in [3.05, 3.63) is 35.4 Å². The van der Waals surface area contributed by atoms with Crippen LogP contribution in [0.4, 0.5) is 10.1 Å². The lowest BCUT2D eigenvalue weighted by molar-refractivity contribution is 0.469.